The van der Waals surface area contributed by atoms with E-state index < -0.39 is 0 Å². The number of benzene rings is 1. The van der Waals surface area contributed by atoms with Gasteiger partial charge in [0.1, 0.15) is 0 Å². The third-order valence-corrected chi connectivity index (χ3v) is 3.64. The van der Waals surface area contributed by atoms with Gasteiger partial charge in [0.2, 0.25) is 5.91 Å². The summed E-state index contributed by atoms with van der Waals surface area (Å²) in [5.41, 5.74) is 1.73. The molecule has 0 saturated carbocycles. The fraction of sp³-hybridized carbons (Fsp3) is 0.200. The van der Waals surface area contributed by atoms with Crippen LogP contribution in [0.15, 0.2) is 41.8 Å². The van der Waals surface area contributed by atoms with Crippen LogP contribution in [0.5, 0.6) is 0 Å². The van der Waals surface area contributed by atoms with Crippen LogP contribution >= 0.6 is 11.3 Å². The fourth-order valence-corrected chi connectivity index (χ4v) is 2.42. The number of hydrogen-bond donors (Lipinski definition) is 1. The molecule has 2 rings (SSSR count). The Morgan fingerprint density at radius 1 is 1.26 bits per heavy atom. The van der Waals surface area contributed by atoms with E-state index in [9.17, 15) is 4.79 Å². The molecule has 1 aromatic heterocycles. The molecule has 0 atom stereocenters. The molecule has 0 bridgehead atoms. The van der Waals surface area contributed by atoms with Crippen molar-refractivity contribution in [2.75, 3.05) is 5.32 Å². The first-order valence-corrected chi connectivity index (χ1v) is 6.94. The number of hydrogen-bond acceptors (Lipinski definition) is 3. The summed E-state index contributed by atoms with van der Waals surface area (Å²) in [5, 5.41) is 13.4. The summed E-state index contributed by atoms with van der Waals surface area (Å²) in [7, 11) is 0. The van der Waals surface area contributed by atoms with Crippen LogP contribution in [-0.4, -0.2) is 5.91 Å². The van der Waals surface area contributed by atoms with Crippen LogP contribution in [0.1, 0.15) is 16.9 Å². The summed E-state index contributed by atoms with van der Waals surface area (Å²) in [6.45, 7) is 0. The van der Waals surface area contributed by atoms with Gasteiger partial charge in [-0.05, 0) is 35.6 Å². The van der Waals surface area contributed by atoms with Crippen molar-refractivity contribution in [3.8, 4) is 6.07 Å². The number of amides is 1. The molecule has 0 radical (unpaired) electrons. The number of nitrogens with one attached hydrogen (secondary N) is 1. The van der Waals surface area contributed by atoms with Crippen LogP contribution in [0.4, 0.5) is 5.69 Å². The van der Waals surface area contributed by atoms with Gasteiger partial charge in [-0.2, -0.15) is 5.26 Å². The monoisotopic (exact) mass is 270 g/mol. The highest BCUT2D eigenvalue weighted by Crippen LogP contribution is 2.13. The van der Waals surface area contributed by atoms with Crippen LogP contribution < -0.4 is 5.32 Å². The van der Waals surface area contributed by atoms with Gasteiger partial charge >= 0.3 is 0 Å². The molecule has 2 aromatic rings. The van der Waals surface area contributed by atoms with E-state index in [1.165, 1.54) is 4.88 Å². The maximum atomic E-state index is 11.8. The quantitative estimate of drug-likeness (QED) is 0.905. The van der Waals surface area contributed by atoms with Crippen molar-refractivity contribution in [2.24, 2.45) is 0 Å². The Bertz CT molecular complexity index is 567. The number of aryl methyl sites for hydroxylation is 1. The lowest BCUT2D eigenvalue weighted by molar-refractivity contribution is -0.116. The highest BCUT2D eigenvalue weighted by molar-refractivity contribution is 7.09. The highest BCUT2D eigenvalue weighted by Gasteiger charge is 2.03. The van der Waals surface area contributed by atoms with Crippen molar-refractivity contribution in [3.05, 3.63) is 52.2 Å². The van der Waals surface area contributed by atoms with Gasteiger partial charge in [-0.15, -0.1) is 11.3 Å². The summed E-state index contributed by atoms with van der Waals surface area (Å²) in [4.78, 5) is 13.0. The van der Waals surface area contributed by atoms with Gasteiger partial charge in [0.25, 0.3) is 0 Å². The molecule has 0 fully saturated rings. The molecule has 1 aromatic carbocycles. The number of thiophene rings is 1. The number of carbonyl (C=O) groups excluding carboxylic acids is 1. The van der Waals surface area contributed by atoms with Crippen LogP contribution in [0.3, 0.4) is 0 Å². The average Bonchev–Trinajstić information content (AvgIpc) is 2.92. The number of anilines is 1. The summed E-state index contributed by atoms with van der Waals surface area (Å²) in [5.74, 6) is 0.0152. The lowest BCUT2D eigenvalue weighted by atomic mass is 10.1. The summed E-state index contributed by atoms with van der Waals surface area (Å²) in [6.07, 6.45) is 1.66. The second kappa shape index (κ2) is 6.72. The number of rotatable bonds is 5. The molecule has 1 heterocycles. The van der Waals surface area contributed by atoms with E-state index in [2.05, 4.69) is 11.4 Å². The van der Waals surface area contributed by atoms with Crippen molar-refractivity contribution in [3.63, 3.8) is 0 Å². The molecule has 19 heavy (non-hydrogen) atoms. The molecule has 1 amide bonds. The van der Waals surface area contributed by atoms with Crippen LogP contribution in [0.2, 0.25) is 0 Å². The van der Waals surface area contributed by atoms with Gasteiger partial charge in [-0.3, -0.25) is 4.79 Å². The minimum atomic E-state index is 0.0152. The summed E-state index contributed by atoms with van der Waals surface area (Å²) >= 11 is 1.67. The standard InChI is InChI=1S/C15H14N2OS/c16-10-9-12-3-5-13(6-4-12)17-15(18)8-7-14-2-1-11-19-14/h1-6,11H,7-9H2,(H,17,18). The largest absolute Gasteiger partial charge is 0.326 e. The fourth-order valence-electron chi connectivity index (χ4n) is 1.71. The Morgan fingerprint density at radius 2 is 2.05 bits per heavy atom. The minimum Gasteiger partial charge on any atom is -0.326 e. The van der Waals surface area contributed by atoms with Crippen LogP contribution in [0, 0.1) is 11.3 Å². The second-order valence-corrected chi connectivity index (χ2v) is 5.19. The Labute approximate surface area is 116 Å². The van der Waals surface area contributed by atoms with E-state index in [0.29, 0.717) is 12.8 Å². The number of nitriles is 1. The topological polar surface area (TPSA) is 52.9 Å². The molecule has 0 aliphatic rings. The zero-order valence-corrected chi connectivity index (χ0v) is 11.2. The van der Waals surface area contributed by atoms with E-state index in [0.717, 1.165) is 17.7 Å². The lowest BCUT2D eigenvalue weighted by Gasteiger charge is -2.05. The molecule has 96 valence electrons. The molecule has 0 spiro atoms. The summed E-state index contributed by atoms with van der Waals surface area (Å²) < 4.78 is 0. The van der Waals surface area contributed by atoms with E-state index in [1.54, 1.807) is 11.3 Å². The van der Waals surface area contributed by atoms with E-state index in [-0.39, 0.29) is 5.91 Å². The minimum absolute atomic E-state index is 0.0152. The zero-order chi connectivity index (χ0) is 13.5. The molecular weight excluding hydrogens is 256 g/mol. The SMILES string of the molecule is N#CCc1ccc(NC(=O)CCc2cccs2)cc1. The Hall–Kier alpha value is -2.12. The predicted octanol–water partition coefficient (Wildman–Crippen LogP) is 3.39. The Balaban J connectivity index is 1.83. The number of carbonyl (C=O) groups is 1. The van der Waals surface area contributed by atoms with Gasteiger partial charge < -0.3 is 5.32 Å². The molecule has 0 aliphatic heterocycles. The molecule has 0 saturated heterocycles. The lowest BCUT2D eigenvalue weighted by Crippen LogP contribution is -2.11. The molecular formula is C15H14N2OS. The molecule has 4 heteroatoms. The first-order valence-electron chi connectivity index (χ1n) is 6.06. The van der Waals surface area contributed by atoms with E-state index in [4.69, 9.17) is 5.26 Å². The maximum Gasteiger partial charge on any atom is 0.224 e. The van der Waals surface area contributed by atoms with Crippen molar-refractivity contribution in [1.29, 1.82) is 5.26 Å². The van der Waals surface area contributed by atoms with Crippen molar-refractivity contribution in [2.45, 2.75) is 19.3 Å². The van der Waals surface area contributed by atoms with E-state index in [1.807, 2.05) is 41.8 Å². The Morgan fingerprint density at radius 3 is 2.68 bits per heavy atom. The van der Waals surface area contributed by atoms with Gasteiger partial charge in [-0.1, -0.05) is 18.2 Å². The van der Waals surface area contributed by atoms with Crippen LogP contribution in [0.25, 0.3) is 0 Å². The molecule has 0 unspecified atom stereocenters. The Kier molecular flexibility index (Phi) is 4.71. The third-order valence-electron chi connectivity index (χ3n) is 2.70. The van der Waals surface area contributed by atoms with Gasteiger partial charge in [0, 0.05) is 17.0 Å². The first kappa shape index (κ1) is 13.3. The molecule has 0 aliphatic carbocycles. The maximum absolute atomic E-state index is 11.8. The van der Waals surface area contributed by atoms with Gasteiger partial charge in [-0.25, -0.2) is 0 Å². The molecule has 1 N–H and O–H groups in total. The predicted molar refractivity (Wildman–Crippen MR) is 77.0 cm³/mol. The van der Waals surface area contributed by atoms with Crippen LogP contribution in [-0.2, 0) is 17.6 Å². The highest BCUT2D eigenvalue weighted by atomic mass is 32.1. The van der Waals surface area contributed by atoms with Crippen molar-refractivity contribution in [1.82, 2.24) is 0 Å². The average molecular weight is 270 g/mol. The van der Waals surface area contributed by atoms with E-state index >= 15 is 0 Å². The molecule has 3 nitrogen and oxygen atoms in total. The summed E-state index contributed by atoms with van der Waals surface area (Å²) in [6, 6.07) is 13.5. The third kappa shape index (κ3) is 4.23. The second-order valence-electron chi connectivity index (χ2n) is 4.16. The van der Waals surface area contributed by atoms with Gasteiger partial charge in [0.05, 0.1) is 12.5 Å². The first-order chi connectivity index (χ1) is 9.28. The van der Waals surface area contributed by atoms with Gasteiger partial charge in [0.15, 0.2) is 0 Å². The smallest absolute Gasteiger partial charge is 0.224 e. The van der Waals surface area contributed by atoms with Crippen molar-refractivity contribution >= 4 is 22.9 Å². The zero-order valence-electron chi connectivity index (χ0n) is 10.4. The number of nitrogens with zero attached hydrogens (tertiary/aromatic N) is 1. The normalized spacial score (nSPS) is 9.84. The van der Waals surface area contributed by atoms with Crippen molar-refractivity contribution < 1.29 is 4.79 Å².